The number of nitrogens with two attached hydrogens (primary N) is 1. The van der Waals surface area contributed by atoms with E-state index in [0.29, 0.717) is 16.3 Å². The molecular weight excluding hydrogens is 241 g/mol. The van der Waals surface area contributed by atoms with Crippen LogP contribution in [0.5, 0.6) is 0 Å². The molecule has 1 aliphatic heterocycles. The van der Waals surface area contributed by atoms with Crippen LogP contribution in [-0.2, 0) is 15.5 Å². The number of halogens is 1. The second-order valence-electron chi connectivity index (χ2n) is 4.38. The molecule has 0 saturated carbocycles. The molecule has 1 fully saturated rings. The highest BCUT2D eigenvalue weighted by Crippen LogP contribution is 2.22. The molecule has 1 aliphatic rings. The Bertz CT molecular complexity index is 418. The summed E-state index contributed by atoms with van der Waals surface area (Å²) in [4.78, 5) is 0.436. The van der Waals surface area contributed by atoms with E-state index in [2.05, 4.69) is 0 Å². The molecule has 0 radical (unpaired) electrons. The van der Waals surface area contributed by atoms with E-state index < -0.39 is 16.6 Å². The van der Waals surface area contributed by atoms with Crippen LogP contribution in [0, 0.1) is 5.82 Å². The van der Waals surface area contributed by atoms with E-state index >= 15 is 0 Å². The number of rotatable bonds is 3. The topological polar surface area (TPSA) is 52.3 Å². The first-order chi connectivity index (χ1) is 8.04. The lowest BCUT2D eigenvalue weighted by molar-refractivity contribution is 0.0695. The van der Waals surface area contributed by atoms with Crippen LogP contribution in [0.3, 0.4) is 0 Å². The Morgan fingerprint density at radius 3 is 2.82 bits per heavy atom. The lowest BCUT2D eigenvalue weighted by atomic mass is 10.2. The molecule has 0 aliphatic carbocycles. The van der Waals surface area contributed by atoms with Crippen LogP contribution in [0.15, 0.2) is 23.1 Å². The smallest absolute Gasteiger partial charge is 0.126 e. The first-order valence-corrected chi connectivity index (χ1v) is 6.96. The maximum absolute atomic E-state index is 13.1. The number of hydrogen-bond acceptors (Lipinski definition) is 3. The zero-order valence-electron chi connectivity index (χ0n) is 9.69. The Kier molecular flexibility index (Phi) is 3.79. The molecule has 2 N–H and O–H groups in total. The fourth-order valence-corrected chi connectivity index (χ4v) is 3.28. The number of benzene rings is 1. The molecule has 0 amide bonds. The average molecular weight is 257 g/mol. The van der Waals surface area contributed by atoms with E-state index in [1.54, 1.807) is 6.07 Å². The van der Waals surface area contributed by atoms with Gasteiger partial charge in [-0.25, -0.2) is 4.39 Å². The van der Waals surface area contributed by atoms with Crippen molar-refractivity contribution in [1.82, 2.24) is 0 Å². The summed E-state index contributed by atoms with van der Waals surface area (Å²) in [7, 11) is -1.25. The SMILES string of the molecule is CC1CCC(CS(=O)c2cc(N)cc(F)c2)O1. The molecule has 17 heavy (non-hydrogen) atoms. The quantitative estimate of drug-likeness (QED) is 0.843. The summed E-state index contributed by atoms with van der Waals surface area (Å²) in [6.07, 6.45) is 2.15. The van der Waals surface area contributed by atoms with Crippen LogP contribution in [0.4, 0.5) is 10.1 Å². The predicted octanol–water partition coefficient (Wildman–Crippen LogP) is 2.08. The Labute approximate surface area is 103 Å². The standard InChI is InChI=1S/C12H16FNO2S/c1-8-2-3-11(16-8)7-17(15)12-5-9(13)4-10(14)6-12/h4-6,8,11H,2-3,7,14H2,1H3. The second kappa shape index (κ2) is 5.14. The summed E-state index contributed by atoms with van der Waals surface area (Å²) in [5, 5.41) is 0. The molecule has 2 rings (SSSR count). The fraction of sp³-hybridized carbons (Fsp3) is 0.500. The molecule has 1 aromatic rings. The summed E-state index contributed by atoms with van der Waals surface area (Å²) in [5.41, 5.74) is 5.82. The van der Waals surface area contributed by atoms with Gasteiger partial charge in [0.2, 0.25) is 0 Å². The molecule has 5 heteroatoms. The summed E-state index contributed by atoms with van der Waals surface area (Å²) in [6.45, 7) is 2.00. The summed E-state index contributed by atoms with van der Waals surface area (Å²) >= 11 is 0. The van der Waals surface area contributed by atoms with E-state index in [0.717, 1.165) is 12.8 Å². The van der Waals surface area contributed by atoms with Crippen molar-refractivity contribution in [3.63, 3.8) is 0 Å². The molecule has 0 bridgehead atoms. The van der Waals surface area contributed by atoms with Gasteiger partial charge in [-0.2, -0.15) is 0 Å². The Morgan fingerprint density at radius 2 is 2.24 bits per heavy atom. The average Bonchev–Trinajstić information content (AvgIpc) is 2.62. The molecule has 0 aromatic heterocycles. The number of nitrogen functional groups attached to an aromatic ring is 1. The van der Waals surface area contributed by atoms with Gasteiger partial charge in [-0.1, -0.05) is 0 Å². The van der Waals surface area contributed by atoms with Gasteiger partial charge >= 0.3 is 0 Å². The maximum Gasteiger partial charge on any atom is 0.126 e. The van der Waals surface area contributed by atoms with Crippen molar-refractivity contribution in [2.24, 2.45) is 0 Å². The van der Waals surface area contributed by atoms with Gasteiger partial charge in [-0.3, -0.25) is 4.21 Å². The van der Waals surface area contributed by atoms with Gasteiger partial charge in [0.15, 0.2) is 0 Å². The molecule has 94 valence electrons. The Morgan fingerprint density at radius 1 is 1.47 bits per heavy atom. The van der Waals surface area contributed by atoms with Crippen LogP contribution in [-0.4, -0.2) is 22.2 Å². The molecular formula is C12H16FNO2S. The van der Waals surface area contributed by atoms with Crippen molar-refractivity contribution >= 4 is 16.5 Å². The summed E-state index contributed by atoms with van der Waals surface area (Å²) < 4.78 is 30.7. The summed E-state index contributed by atoms with van der Waals surface area (Å²) in [6, 6.07) is 4.04. The van der Waals surface area contributed by atoms with Crippen molar-refractivity contribution in [2.75, 3.05) is 11.5 Å². The molecule has 1 heterocycles. The zero-order chi connectivity index (χ0) is 12.4. The fourth-order valence-electron chi connectivity index (χ4n) is 1.99. The molecule has 3 nitrogen and oxygen atoms in total. The highest BCUT2D eigenvalue weighted by atomic mass is 32.2. The van der Waals surface area contributed by atoms with Crippen LogP contribution in [0.2, 0.25) is 0 Å². The minimum atomic E-state index is -1.25. The van der Waals surface area contributed by atoms with Crippen molar-refractivity contribution in [3.05, 3.63) is 24.0 Å². The zero-order valence-corrected chi connectivity index (χ0v) is 10.5. The second-order valence-corrected chi connectivity index (χ2v) is 5.87. The normalized spacial score (nSPS) is 26.0. The van der Waals surface area contributed by atoms with E-state index in [1.807, 2.05) is 6.92 Å². The van der Waals surface area contributed by atoms with Gasteiger partial charge in [-0.15, -0.1) is 0 Å². The van der Waals surface area contributed by atoms with Crippen molar-refractivity contribution in [3.8, 4) is 0 Å². The van der Waals surface area contributed by atoms with Gasteiger partial charge in [0.25, 0.3) is 0 Å². The third-order valence-corrected chi connectivity index (χ3v) is 4.25. The predicted molar refractivity (Wildman–Crippen MR) is 65.7 cm³/mol. The van der Waals surface area contributed by atoms with Crippen molar-refractivity contribution in [1.29, 1.82) is 0 Å². The molecule has 1 aromatic carbocycles. The first kappa shape index (κ1) is 12.5. The van der Waals surface area contributed by atoms with Crippen LogP contribution in [0.25, 0.3) is 0 Å². The third kappa shape index (κ3) is 3.26. The molecule has 0 spiro atoms. The lowest BCUT2D eigenvalue weighted by Crippen LogP contribution is -2.17. The highest BCUT2D eigenvalue weighted by molar-refractivity contribution is 7.85. The van der Waals surface area contributed by atoms with Gasteiger partial charge in [-0.05, 0) is 38.0 Å². The number of hydrogen-bond donors (Lipinski definition) is 1. The Hall–Kier alpha value is -0.940. The van der Waals surface area contributed by atoms with E-state index in [1.165, 1.54) is 12.1 Å². The summed E-state index contributed by atoms with van der Waals surface area (Å²) in [5.74, 6) is -0.0400. The minimum Gasteiger partial charge on any atom is -0.399 e. The van der Waals surface area contributed by atoms with E-state index in [-0.39, 0.29) is 12.2 Å². The van der Waals surface area contributed by atoms with E-state index in [4.69, 9.17) is 10.5 Å². The van der Waals surface area contributed by atoms with Gasteiger partial charge in [0.1, 0.15) is 5.82 Å². The van der Waals surface area contributed by atoms with Crippen LogP contribution < -0.4 is 5.73 Å². The molecule has 3 atom stereocenters. The minimum absolute atomic E-state index is 0.00956. The van der Waals surface area contributed by atoms with Crippen LogP contribution in [0.1, 0.15) is 19.8 Å². The highest BCUT2D eigenvalue weighted by Gasteiger charge is 2.24. The van der Waals surface area contributed by atoms with E-state index in [9.17, 15) is 8.60 Å². The van der Waals surface area contributed by atoms with Gasteiger partial charge in [0, 0.05) is 10.6 Å². The molecule has 3 unspecified atom stereocenters. The molecule has 1 saturated heterocycles. The van der Waals surface area contributed by atoms with Gasteiger partial charge < -0.3 is 10.5 Å². The third-order valence-electron chi connectivity index (χ3n) is 2.81. The maximum atomic E-state index is 13.1. The monoisotopic (exact) mass is 257 g/mol. The number of anilines is 1. The van der Waals surface area contributed by atoms with Crippen LogP contribution >= 0.6 is 0 Å². The van der Waals surface area contributed by atoms with Gasteiger partial charge in [0.05, 0.1) is 28.8 Å². The van der Waals surface area contributed by atoms with Crippen molar-refractivity contribution < 1.29 is 13.3 Å². The largest absolute Gasteiger partial charge is 0.399 e. The number of ether oxygens (including phenoxy) is 1. The lowest BCUT2D eigenvalue weighted by Gasteiger charge is -2.11. The van der Waals surface area contributed by atoms with Crippen molar-refractivity contribution in [2.45, 2.75) is 36.9 Å². The first-order valence-electron chi connectivity index (χ1n) is 5.64. The Balaban J connectivity index is 2.04.